The summed E-state index contributed by atoms with van der Waals surface area (Å²) in [6, 6.07) is 16.4. The van der Waals surface area contributed by atoms with Crippen LogP contribution in [0.15, 0.2) is 60.7 Å². The molecule has 1 aliphatic rings. The molecule has 5 nitrogen and oxygen atoms in total. The monoisotopic (exact) mass is 513 g/mol. The number of halogens is 3. The van der Waals surface area contributed by atoms with Crippen molar-refractivity contribution in [1.82, 2.24) is 4.90 Å². The summed E-state index contributed by atoms with van der Waals surface area (Å²) in [5.74, 6) is -2.37. The molecule has 1 N–H and O–H groups in total. The number of fused-ring (bicyclic) bond motifs is 1. The number of ether oxygens (including phenoxy) is 1. The van der Waals surface area contributed by atoms with Crippen LogP contribution in [0.5, 0.6) is 5.75 Å². The zero-order valence-corrected chi connectivity index (χ0v) is 20.5. The molecule has 8 heteroatoms. The first-order valence-electron chi connectivity index (χ1n) is 11.6. The van der Waals surface area contributed by atoms with E-state index in [1.54, 1.807) is 0 Å². The molecule has 36 heavy (non-hydrogen) atoms. The van der Waals surface area contributed by atoms with Gasteiger partial charge in [-0.2, -0.15) is 0 Å². The van der Waals surface area contributed by atoms with Gasteiger partial charge in [-0.05, 0) is 65.9 Å². The van der Waals surface area contributed by atoms with Gasteiger partial charge in [0.25, 0.3) is 0 Å². The van der Waals surface area contributed by atoms with E-state index < -0.39 is 35.7 Å². The summed E-state index contributed by atoms with van der Waals surface area (Å²) in [4.78, 5) is 25.2. The SMILES string of the molecule is CC1(Cc2ccc(Cl)cc2)Cc2cc(CCC(=O)N(CC(=O)O)Cc3cc(F)cc(F)c3)ccc2O1. The lowest BCUT2D eigenvalue weighted by Crippen LogP contribution is -2.35. The van der Waals surface area contributed by atoms with Crippen molar-refractivity contribution in [1.29, 1.82) is 0 Å². The summed E-state index contributed by atoms with van der Waals surface area (Å²) >= 11 is 5.99. The lowest BCUT2D eigenvalue weighted by molar-refractivity contribution is -0.144. The number of aryl methyl sites for hydroxylation is 1. The highest BCUT2D eigenvalue weighted by atomic mass is 35.5. The fourth-order valence-electron chi connectivity index (χ4n) is 4.59. The topological polar surface area (TPSA) is 66.8 Å². The van der Waals surface area contributed by atoms with Gasteiger partial charge in [-0.25, -0.2) is 8.78 Å². The van der Waals surface area contributed by atoms with E-state index in [0.29, 0.717) is 17.9 Å². The Labute approximate surface area is 213 Å². The van der Waals surface area contributed by atoms with Crippen LogP contribution in [0, 0.1) is 11.6 Å². The molecule has 0 spiro atoms. The molecule has 0 saturated heterocycles. The maximum atomic E-state index is 13.5. The molecule has 3 aromatic carbocycles. The van der Waals surface area contributed by atoms with E-state index in [1.807, 2.05) is 42.5 Å². The number of aliphatic carboxylic acids is 1. The highest BCUT2D eigenvalue weighted by molar-refractivity contribution is 6.30. The number of carboxylic acids is 1. The quantitative estimate of drug-likeness (QED) is 0.404. The van der Waals surface area contributed by atoms with Crippen LogP contribution in [0.3, 0.4) is 0 Å². The van der Waals surface area contributed by atoms with Gasteiger partial charge in [-0.1, -0.05) is 35.9 Å². The second-order valence-corrected chi connectivity index (χ2v) is 9.83. The van der Waals surface area contributed by atoms with Crippen molar-refractivity contribution in [2.24, 2.45) is 0 Å². The van der Waals surface area contributed by atoms with Crippen molar-refractivity contribution >= 4 is 23.5 Å². The number of hydrogen-bond acceptors (Lipinski definition) is 3. The molecule has 1 atom stereocenters. The predicted molar refractivity (Wildman–Crippen MR) is 132 cm³/mol. The molecule has 1 aliphatic heterocycles. The van der Waals surface area contributed by atoms with Crippen molar-refractivity contribution in [3.05, 3.63) is 99.6 Å². The minimum Gasteiger partial charge on any atom is -0.487 e. The molecular formula is C28H26ClF2NO4. The Morgan fingerprint density at radius 2 is 1.67 bits per heavy atom. The third kappa shape index (κ3) is 6.61. The number of carbonyl (C=O) groups is 2. The molecule has 1 amide bonds. The summed E-state index contributed by atoms with van der Waals surface area (Å²) in [6.45, 7) is 1.31. The second-order valence-electron chi connectivity index (χ2n) is 9.40. The summed E-state index contributed by atoms with van der Waals surface area (Å²) in [7, 11) is 0. The minimum atomic E-state index is -1.20. The van der Waals surface area contributed by atoms with E-state index in [-0.39, 0.29) is 18.5 Å². The fourth-order valence-corrected chi connectivity index (χ4v) is 4.72. The van der Waals surface area contributed by atoms with Gasteiger partial charge in [0.2, 0.25) is 5.91 Å². The molecule has 188 valence electrons. The van der Waals surface area contributed by atoms with Gasteiger partial charge in [0.15, 0.2) is 0 Å². The molecule has 0 radical (unpaired) electrons. The lowest BCUT2D eigenvalue weighted by atomic mass is 9.91. The maximum Gasteiger partial charge on any atom is 0.323 e. The number of nitrogens with zero attached hydrogens (tertiary/aromatic N) is 1. The summed E-state index contributed by atoms with van der Waals surface area (Å²) in [5, 5.41) is 9.90. The molecule has 3 aromatic rings. The first-order valence-corrected chi connectivity index (χ1v) is 12.0. The van der Waals surface area contributed by atoms with E-state index in [0.717, 1.165) is 52.0 Å². The van der Waals surface area contributed by atoms with Gasteiger partial charge < -0.3 is 14.7 Å². The Morgan fingerprint density at radius 1 is 1.00 bits per heavy atom. The van der Waals surface area contributed by atoms with E-state index in [2.05, 4.69) is 6.92 Å². The highest BCUT2D eigenvalue weighted by Crippen LogP contribution is 2.37. The summed E-state index contributed by atoms with van der Waals surface area (Å²) < 4.78 is 33.3. The van der Waals surface area contributed by atoms with Gasteiger partial charge in [0, 0.05) is 36.9 Å². The average molecular weight is 514 g/mol. The zero-order valence-electron chi connectivity index (χ0n) is 19.8. The van der Waals surface area contributed by atoms with E-state index in [1.165, 1.54) is 0 Å². The van der Waals surface area contributed by atoms with Crippen LogP contribution in [0.1, 0.15) is 35.6 Å². The standard InChI is InChI=1S/C28H26ClF2NO4/c1-28(14-19-2-6-22(29)7-3-19)15-21-10-18(4-8-25(21)36-28)5-9-26(33)32(17-27(34)35)16-20-11-23(30)13-24(31)12-20/h2-4,6-8,10-13H,5,9,14-17H2,1H3,(H,34,35). The van der Waals surface area contributed by atoms with Crippen LogP contribution in [0.4, 0.5) is 8.78 Å². The van der Waals surface area contributed by atoms with Gasteiger partial charge in [-0.3, -0.25) is 9.59 Å². The normalized spacial score (nSPS) is 16.3. The van der Waals surface area contributed by atoms with Crippen molar-refractivity contribution in [2.75, 3.05) is 6.54 Å². The molecule has 0 aliphatic carbocycles. The Bertz CT molecular complexity index is 1260. The lowest BCUT2D eigenvalue weighted by Gasteiger charge is -2.24. The van der Waals surface area contributed by atoms with Gasteiger partial charge in [0.05, 0.1) is 0 Å². The Hall–Kier alpha value is -3.45. The predicted octanol–water partition coefficient (Wildman–Crippen LogP) is 5.60. The molecule has 0 aromatic heterocycles. The molecule has 0 bridgehead atoms. The largest absolute Gasteiger partial charge is 0.487 e. The van der Waals surface area contributed by atoms with Crippen LogP contribution in [0.2, 0.25) is 5.02 Å². The number of carboxylic acid groups (broad SMARTS) is 1. The number of rotatable bonds is 9. The maximum absolute atomic E-state index is 13.5. The van der Waals surface area contributed by atoms with Crippen LogP contribution < -0.4 is 4.74 Å². The van der Waals surface area contributed by atoms with Gasteiger partial charge in [-0.15, -0.1) is 0 Å². The molecule has 1 unspecified atom stereocenters. The van der Waals surface area contributed by atoms with Crippen molar-refractivity contribution < 1.29 is 28.2 Å². The third-order valence-electron chi connectivity index (χ3n) is 6.14. The number of amides is 1. The minimum absolute atomic E-state index is 0.0623. The summed E-state index contributed by atoms with van der Waals surface area (Å²) in [5.41, 5.74) is 2.89. The number of benzene rings is 3. The van der Waals surface area contributed by atoms with Gasteiger partial charge >= 0.3 is 5.97 Å². The van der Waals surface area contributed by atoms with Crippen LogP contribution in [-0.4, -0.2) is 34.0 Å². The third-order valence-corrected chi connectivity index (χ3v) is 6.39. The summed E-state index contributed by atoms with van der Waals surface area (Å²) in [6.07, 6.45) is 1.89. The Morgan fingerprint density at radius 3 is 2.33 bits per heavy atom. The molecular weight excluding hydrogens is 488 g/mol. The van der Waals surface area contributed by atoms with Crippen molar-refractivity contribution in [2.45, 2.75) is 44.8 Å². The van der Waals surface area contributed by atoms with E-state index in [4.69, 9.17) is 16.3 Å². The zero-order chi connectivity index (χ0) is 25.9. The average Bonchev–Trinajstić information content (AvgIpc) is 3.12. The molecule has 0 saturated carbocycles. The second kappa shape index (κ2) is 10.7. The molecule has 4 rings (SSSR count). The molecule has 0 fully saturated rings. The first-order chi connectivity index (χ1) is 17.1. The Kier molecular flexibility index (Phi) is 7.59. The van der Waals surface area contributed by atoms with E-state index in [9.17, 15) is 23.5 Å². The van der Waals surface area contributed by atoms with Crippen molar-refractivity contribution in [3.63, 3.8) is 0 Å². The van der Waals surface area contributed by atoms with E-state index >= 15 is 0 Å². The smallest absolute Gasteiger partial charge is 0.323 e. The van der Waals surface area contributed by atoms with Crippen molar-refractivity contribution in [3.8, 4) is 5.75 Å². The molecule has 1 heterocycles. The fraction of sp³-hybridized carbons (Fsp3) is 0.286. The van der Waals surface area contributed by atoms with Gasteiger partial charge in [0.1, 0.15) is 29.5 Å². The first kappa shape index (κ1) is 25.6. The van der Waals surface area contributed by atoms with Crippen LogP contribution >= 0.6 is 11.6 Å². The Balaban J connectivity index is 1.39. The van der Waals surface area contributed by atoms with Crippen LogP contribution in [0.25, 0.3) is 0 Å². The number of hydrogen-bond donors (Lipinski definition) is 1. The highest BCUT2D eigenvalue weighted by Gasteiger charge is 2.35. The van der Waals surface area contributed by atoms with Crippen LogP contribution in [-0.2, 0) is 35.4 Å². The number of carbonyl (C=O) groups excluding carboxylic acids is 1.